The summed E-state index contributed by atoms with van der Waals surface area (Å²) < 4.78 is 19.0. The maximum atomic E-state index is 10.5. The van der Waals surface area contributed by atoms with Gasteiger partial charge in [0, 0.05) is 29.8 Å². The van der Waals surface area contributed by atoms with E-state index in [1.54, 1.807) is 0 Å². The molecule has 0 spiro atoms. The monoisotopic (exact) mass is 582 g/mol. The van der Waals surface area contributed by atoms with Crippen LogP contribution in [0.25, 0.3) is 44.3 Å². The molecule has 2 aliphatic carbocycles. The van der Waals surface area contributed by atoms with Gasteiger partial charge in [-0.25, -0.2) is 4.57 Å². The van der Waals surface area contributed by atoms with E-state index < -0.39 is 5.89 Å². The highest BCUT2D eigenvalue weighted by Gasteiger charge is 2.58. The summed E-state index contributed by atoms with van der Waals surface area (Å²) in [5.41, 5.74) is 10.9. The summed E-state index contributed by atoms with van der Waals surface area (Å²) in [6.07, 6.45) is 7.16. The highest BCUT2D eigenvalue weighted by molar-refractivity contribution is 6.14. The van der Waals surface area contributed by atoms with Gasteiger partial charge in [-0.2, -0.15) is 5.26 Å². The molecule has 0 amide bonds. The number of nitriles is 1. The predicted molar refractivity (Wildman–Crippen MR) is 181 cm³/mol. The molecule has 3 heteroatoms. The minimum Gasteiger partial charge on any atom is -0.454 e. The first-order chi connectivity index (χ1) is 21.2. The molecule has 0 saturated heterocycles. The SMILES string of the molecule is [2H]C1(c2cc(-c3c(C#N)ccc4c3oc3c(-c5cccc[n+]5C)c(C)ccc34)cc3c2C(C)(C)C(C)(C)C3(C)C)CCCCC1. The molecule has 224 valence electrons. The van der Waals surface area contributed by atoms with E-state index in [0.717, 1.165) is 81.1 Å². The van der Waals surface area contributed by atoms with Crippen LogP contribution in [0.4, 0.5) is 0 Å². The summed E-state index contributed by atoms with van der Waals surface area (Å²) in [6.45, 7) is 16.4. The van der Waals surface area contributed by atoms with E-state index in [4.69, 9.17) is 4.42 Å². The molecule has 0 radical (unpaired) electrons. The Morgan fingerprint density at radius 1 is 0.864 bits per heavy atom. The van der Waals surface area contributed by atoms with Crippen molar-refractivity contribution in [3.8, 4) is 28.5 Å². The summed E-state index contributed by atoms with van der Waals surface area (Å²) in [4.78, 5) is 0. The quantitative estimate of drug-likeness (QED) is 0.199. The minimum absolute atomic E-state index is 0.0399. The van der Waals surface area contributed by atoms with E-state index in [2.05, 4.69) is 109 Å². The van der Waals surface area contributed by atoms with Gasteiger partial charge >= 0.3 is 0 Å². The highest BCUT2D eigenvalue weighted by atomic mass is 16.3. The Morgan fingerprint density at radius 3 is 2.23 bits per heavy atom. The molecule has 2 heterocycles. The molecule has 0 bridgehead atoms. The van der Waals surface area contributed by atoms with Crippen molar-refractivity contribution in [2.45, 2.75) is 97.3 Å². The third kappa shape index (κ3) is 3.82. The first-order valence-corrected chi connectivity index (χ1v) is 16.3. The lowest BCUT2D eigenvalue weighted by molar-refractivity contribution is -0.660. The number of hydrogen-bond donors (Lipinski definition) is 0. The van der Waals surface area contributed by atoms with Gasteiger partial charge in [0.25, 0.3) is 0 Å². The van der Waals surface area contributed by atoms with Gasteiger partial charge in [-0.15, -0.1) is 0 Å². The molecule has 5 aromatic rings. The topological polar surface area (TPSA) is 40.8 Å². The molecule has 0 atom stereocenters. The molecular formula is C41H45N2O+. The van der Waals surface area contributed by atoms with Crippen LogP contribution in [0.3, 0.4) is 0 Å². The molecule has 7 rings (SSSR count). The van der Waals surface area contributed by atoms with Crippen LogP contribution in [0.5, 0.6) is 0 Å². The van der Waals surface area contributed by atoms with Crippen LogP contribution in [0, 0.1) is 23.7 Å². The number of rotatable bonds is 3. The number of benzene rings is 3. The average Bonchev–Trinajstić information content (AvgIpc) is 3.43. The first kappa shape index (κ1) is 27.6. The fourth-order valence-corrected chi connectivity index (χ4v) is 8.39. The molecule has 1 fully saturated rings. The van der Waals surface area contributed by atoms with E-state index >= 15 is 0 Å². The number of hydrogen-bond acceptors (Lipinski definition) is 2. The normalized spacial score (nSPS) is 19.9. The van der Waals surface area contributed by atoms with Crippen LogP contribution in [-0.4, -0.2) is 0 Å². The number of furan rings is 1. The van der Waals surface area contributed by atoms with Gasteiger partial charge in [0.15, 0.2) is 6.20 Å². The van der Waals surface area contributed by atoms with E-state index in [0.29, 0.717) is 5.56 Å². The van der Waals surface area contributed by atoms with Gasteiger partial charge in [0.1, 0.15) is 18.2 Å². The van der Waals surface area contributed by atoms with Gasteiger partial charge in [-0.05, 0) is 87.9 Å². The third-order valence-electron chi connectivity index (χ3n) is 12.1. The second kappa shape index (κ2) is 9.80. The Labute approximate surface area is 263 Å². The Morgan fingerprint density at radius 2 is 1.55 bits per heavy atom. The molecular weight excluding hydrogens is 536 g/mol. The first-order valence-electron chi connectivity index (χ1n) is 16.8. The zero-order valence-electron chi connectivity index (χ0n) is 28.6. The summed E-state index contributed by atoms with van der Waals surface area (Å²) in [5.74, 6) is -0.646. The zero-order chi connectivity index (χ0) is 32.1. The maximum absolute atomic E-state index is 10.5. The number of nitrogens with zero attached hydrogens (tertiary/aromatic N) is 2. The van der Waals surface area contributed by atoms with E-state index in [1.807, 2.05) is 18.2 Å². The summed E-state index contributed by atoms with van der Waals surface area (Å²) >= 11 is 0. The van der Waals surface area contributed by atoms with Crippen LogP contribution in [-0.2, 0) is 17.9 Å². The van der Waals surface area contributed by atoms with Crippen LogP contribution in [0.2, 0.25) is 0 Å². The van der Waals surface area contributed by atoms with Crippen molar-refractivity contribution >= 4 is 21.9 Å². The van der Waals surface area contributed by atoms with Crippen LogP contribution >= 0.6 is 0 Å². The second-order valence-corrected chi connectivity index (χ2v) is 14.9. The second-order valence-electron chi connectivity index (χ2n) is 14.9. The lowest BCUT2D eigenvalue weighted by Gasteiger charge is -2.45. The van der Waals surface area contributed by atoms with Crippen molar-refractivity contribution in [2.75, 3.05) is 0 Å². The van der Waals surface area contributed by atoms with Crippen LogP contribution in [0.15, 0.2) is 65.2 Å². The zero-order valence-corrected chi connectivity index (χ0v) is 27.6. The van der Waals surface area contributed by atoms with Crippen molar-refractivity contribution in [1.29, 1.82) is 5.26 Å². The predicted octanol–water partition coefficient (Wildman–Crippen LogP) is 10.6. The molecule has 44 heavy (non-hydrogen) atoms. The molecule has 3 nitrogen and oxygen atoms in total. The summed E-state index contributed by atoms with van der Waals surface area (Å²) in [7, 11) is 2.06. The molecule has 0 N–H and O–H groups in total. The van der Waals surface area contributed by atoms with Crippen LogP contribution in [0.1, 0.15) is 109 Å². The van der Waals surface area contributed by atoms with Crippen molar-refractivity contribution in [2.24, 2.45) is 12.5 Å². The molecule has 1 saturated carbocycles. The van der Waals surface area contributed by atoms with Crippen molar-refractivity contribution in [3.05, 3.63) is 88.6 Å². The van der Waals surface area contributed by atoms with Crippen molar-refractivity contribution < 1.29 is 10.4 Å². The maximum Gasteiger partial charge on any atom is 0.216 e. The number of fused-ring (bicyclic) bond motifs is 4. The Hall–Kier alpha value is -3.90. The van der Waals surface area contributed by atoms with Gasteiger partial charge in [-0.1, -0.05) is 85.1 Å². The fraction of sp³-hybridized carbons (Fsp3) is 0.415. The molecule has 3 aromatic carbocycles. The van der Waals surface area contributed by atoms with Gasteiger partial charge in [0.05, 0.1) is 17.2 Å². The Bertz CT molecular complexity index is 2060. The Kier molecular flexibility index (Phi) is 6.16. The molecule has 0 unspecified atom stereocenters. The number of pyridine rings is 1. The minimum atomic E-state index is -0.646. The van der Waals surface area contributed by atoms with Gasteiger partial charge < -0.3 is 4.42 Å². The highest BCUT2D eigenvalue weighted by Crippen LogP contribution is 2.64. The van der Waals surface area contributed by atoms with Crippen LogP contribution < -0.4 is 4.57 Å². The summed E-state index contributed by atoms with van der Waals surface area (Å²) in [6, 6.07) is 21.7. The standard InChI is InChI=1S/C41H45N2O/c1-25-17-19-29-30-20-18-27(24-42)35(38(30)44-37(29)34(25)33-16-12-13-21-43(33)8)28-22-31(26-14-10-9-11-15-26)36-32(23-28)39(2,3)41(6,7)40(36,4)5/h12-13,16-23,26H,9-11,14-15H2,1-8H3/q+1/i26D. The van der Waals surface area contributed by atoms with Gasteiger partial charge in [0.2, 0.25) is 5.69 Å². The average molecular weight is 583 g/mol. The molecule has 0 aliphatic heterocycles. The lowest BCUT2D eigenvalue weighted by atomic mass is 9.59. The third-order valence-corrected chi connectivity index (χ3v) is 12.1. The Balaban J connectivity index is 1.59. The van der Waals surface area contributed by atoms with E-state index in [-0.39, 0.29) is 16.2 Å². The lowest BCUT2D eigenvalue weighted by Crippen LogP contribution is -2.42. The smallest absolute Gasteiger partial charge is 0.216 e. The van der Waals surface area contributed by atoms with Crippen molar-refractivity contribution in [3.63, 3.8) is 0 Å². The van der Waals surface area contributed by atoms with E-state index in [1.165, 1.54) is 17.5 Å². The largest absolute Gasteiger partial charge is 0.454 e. The molecule has 2 aliphatic rings. The van der Waals surface area contributed by atoms with Crippen molar-refractivity contribution in [1.82, 2.24) is 0 Å². The van der Waals surface area contributed by atoms with Gasteiger partial charge in [-0.3, -0.25) is 0 Å². The number of aryl methyl sites for hydroxylation is 2. The summed E-state index contributed by atoms with van der Waals surface area (Å²) in [5, 5.41) is 12.6. The van der Waals surface area contributed by atoms with E-state index in [9.17, 15) is 6.63 Å². The number of aromatic nitrogens is 1. The fourth-order valence-electron chi connectivity index (χ4n) is 8.39. The molecule has 2 aromatic heterocycles.